The molecule has 2 atom stereocenters. The molecule has 2 fully saturated rings. The van der Waals surface area contributed by atoms with Gasteiger partial charge in [-0.3, -0.25) is 9.59 Å². The second-order valence-electron chi connectivity index (χ2n) is 8.43. The monoisotopic (exact) mass is 372 g/mol. The first-order valence-electron chi connectivity index (χ1n) is 9.41. The summed E-state index contributed by atoms with van der Waals surface area (Å²) in [6, 6.07) is 8.27. The van der Waals surface area contributed by atoms with E-state index in [-0.39, 0.29) is 28.3 Å². The van der Waals surface area contributed by atoms with E-state index in [0.717, 1.165) is 29.7 Å². The van der Waals surface area contributed by atoms with Gasteiger partial charge in [-0.1, -0.05) is 69.8 Å². The standard InChI is InChI=1S/C22H28O3S/c1-14(2)10-15-6-5-7-16(11-15)13-25-20(23)19-18(22(19,3)4)12-17-8-9-26-21(17)24/h5-7,11-12,14,18-19H,8-10,13H2,1-4H3/b17-12+/t18-,19-/m0/s1. The van der Waals surface area contributed by atoms with E-state index in [0.29, 0.717) is 12.5 Å². The van der Waals surface area contributed by atoms with Gasteiger partial charge in [0.25, 0.3) is 0 Å². The lowest BCUT2D eigenvalue weighted by molar-refractivity contribution is -0.147. The smallest absolute Gasteiger partial charge is 0.310 e. The minimum Gasteiger partial charge on any atom is -0.461 e. The van der Waals surface area contributed by atoms with Crippen molar-refractivity contribution in [1.82, 2.24) is 0 Å². The van der Waals surface area contributed by atoms with Crippen LogP contribution in [-0.2, 0) is 27.4 Å². The summed E-state index contributed by atoms with van der Waals surface area (Å²) in [5.41, 5.74) is 3.06. The number of hydrogen-bond acceptors (Lipinski definition) is 4. The highest BCUT2D eigenvalue weighted by Gasteiger charge is 2.61. The zero-order chi connectivity index (χ0) is 18.9. The molecular formula is C22H28O3S. The Morgan fingerprint density at radius 3 is 2.73 bits per heavy atom. The van der Waals surface area contributed by atoms with Crippen LogP contribution >= 0.6 is 11.8 Å². The predicted molar refractivity (Wildman–Crippen MR) is 106 cm³/mol. The minimum absolute atomic E-state index is 0.111. The normalized spacial score (nSPS) is 25.7. The molecule has 4 heteroatoms. The van der Waals surface area contributed by atoms with Gasteiger partial charge in [0.1, 0.15) is 6.61 Å². The Balaban J connectivity index is 1.59. The molecule has 1 aliphatic heterocycles. The number of carbonyl (C=O) groups excluding carboxylic acids is 2. The van der Waals surface area contributed by atoms with Gasteiger partial charge in [-0.25, -0.2) is 0 Å². The second kappa shape index (κ2) is 7.59. The number of allylic oxidation sites excluding steroid dienone is 1. The highest BCUT2D eigenvalue weighted by molar-refractivity contribution is 8.14. The van der Waals surface area contributed by atoms with Gasteiger partial charge in [-0.2, -0.15) is 0 Å². The van der Waals surface area contributed by atoms with E-state index in [4.69, 9.17) is 4.74 Å². The summed E-state index contributed by atoms with van der Waals surface area (Å²) < 4.78 is 5.61. The zero-order valence-corrected chi connectivity index (χ0v) is 16.9. The molecule has 3 rings (SSSR count). The van der Waals surface area contributed by atoms with Gasteiger partial charge >= 0.3 is 5.97 Å². The molecule has 0 radical (unpaired) electrons. The Morgan fingerprint density at radius 1 is 1.35 bits per heavy atom. The van der Waals surface area contributed by atoms with E-state index >= 15 is 0 Å². The van der Waals surface area contributed by atoms with Crippen LogP contribution in [0.15, 0.2) is 35.9 Å². The number of thioether (sulfide) groups is 1. The molecule has 26 heavy (non-hydrogen) atoms. The van der Waals surface area contributed by atoms with Crippen LogP contribution < -0.4 is 0 Å². The molecule has 0 aromatic heterocycles. The van der Waals surface area contributed by atoms with E-state index in [9.17, 15) is 9.59 Å². The molecular weight excluding hydrogens is 344 g/mol. The van der Waals surface area contributed by atoms with Gasteiger partial charge in [0.15, 0.2) is 0 Å². The molecule has 2 aliphatic rings. The summed E-state index contributed by atoms with van der Waals surface area (Å²) in [5, 5.41) is 0.168. The van der Waals surface area contributed by atoms with E-state index < -0.39 is 0 Å². The van der Waals surface area contributed by atoms with Crippen molar-refractivity contribution in [3.8, 4) is 0 Å². The highest BCUT2D eigenvalue weighted by Crippen LogP contribution is 2.60. The number of rotatable bonds is 6. The zero-order valence-electron chi connectivity index (χ0n) is 16.1. The van der Waals surface area contributed by atoms with Crippen molar-refractivity contribution in [3.63, 3.8) is 0 Å². The molecule has 1 aromatic rings. The fourth-order valence-electron chi connectivity index (χ4n) is 3.82. The number of ether oxygens (including phenoxy) is 1. The lowest BCUT2D eigenvalue weighted by atomic mass is 10.0. The van der Waals surface area contributed by atoms with Gasteiger partial charge < -0.3 is 4.74 Å². The maximum atomic E-state index is 12.6. The molecule has 1 saturated carbocycles. The van der Waals surface area contributed by atoms with Gasteiger partial charge in [-0.15, -0.1) is 0 Å². The van der Waals surface area contributed by atoms with Gasteiger partial charge in [0.05, 0.1) is 5.92 Å². The third kappa shape index (κ3) is 4.22. The molecule has 0 unspecified atom stereocenters. The molecule has 0 bridgehead atoms. The topological polar surface area (TPSA) is 43.4 Å². The van der Waals surface area contributed by atoms with Crippen molar-refractivity contribution < 1.29 is 14.3 Å². The number of esters is 1. The lowest BCUT2D eigenvalue weighted by Crippen LogP contribution is -2.11. The van der Waals surface area contributed by atoms with Gasteiger partial charge in [-0.05, 0) is 41.2 Å². The Hall–Kier alpha value is -1.55. The quantitative estimate of drug-likeness (QED) is 0.532. The van der Waals surface area contributed by atoms with Crippen LogP contribution in [-0.4, -0.2) is 16.8 Å². The van der Waals surface area contributed by atoms with Crippen LogP contribution in [0.2, 0.25) is 0 Å². The first kappa shape index (κ1) is 19.2. The van der Waals surface area contributed by atoms with Gasteiger partial charge in [0, 0.05) is 11.3 Å². The predicted octanol–water partition coefficient (Wildman–Crippen LogP) is 4.79. The Kier molecular flexibility index (Phi) is 5.61. The van der Waals surface area contributed by atoms with Crippen LogP contribution in [0.3, 0.4) is 0 Å². The Labute approximate surface area is 160 Å². The summed E-state index contributed by atoms with van der Waals surface area (Å²) in [6.07, 6.45) is 3.87. The number of hydrogen-bond donors (Lipinski definition) is 0. The first-order chi connectivity index (χ1) is 12.3. The van der Waals surface area contributed by atoms with Crippen LogP contribution in [0.5, 0.6) is 0 Å². The van der Waals surface area contributed by atoms with Crippen LogP contribution in [0, 0.1) is 23.2 Å². The van der Waals surface area contributed by atoms with E-state index in [1.54, 1.807) is 0 Å². The summed E-state index contributed by atoms with van der Waals surface area (Å²) in [6.45, 7) is 8.87. The van der Waals surface area contributed by atoms with Crippen molar-refractivity contribution >= 4 is 22.8 Å². The third-order valence-electron chi connectivity index (χ3n) is 5.43. The Morgan fingerprint density at radius 2 is 2.08 bits per heavy atom. The van der Waals surface area contributed by atoms with Crippen molar-refractivity contribution in [2.45, 2.75) is 47.1 Å². The summed E-state index contributed by atoms with van der Waals surface area (Å²) in [4.78, 5) is 24.4. The fraction of sp³-hybridized carbons (Fsp3) is 0.545. The molecule has 140 valence electrons. The van der Waals surface area contributed by atoms with Crippen molar-refractivity contribution in [1.29, 1.82) is 0 Å². The number of carbonyl (C=O) groups is 2. The van der Waals surface area contributed by atoms with Crippen LogP contribution in [0.25, 0.3) is 0 Å². The maximum Gasteiger partial charge on any atom is 0.310 e. The molecule has 0 N–H and O–H groups in total. The summed E-state index contributed by atoms with van der Waals surface area (Å²) in [5.74, 6) is 1.28. The SMILES string of the molecule is CC(C)Cc1cccc(COC(=O)[C@@H]2[C@H](/C=C3\CCSC3=O)C2(C)C)c1. The Bertz CT molecular complexity index is 733. The largest absolute Gasteiger partial charge is 0.461 e. The van der Waals surface area contributed by atoms with Crippen molar-refractivity contribution in [2.75, 3.05) is 5.75 Å². The third-order valence-corrected chi connectivity index (χ3v) is 6.36. The van der Waals surface area contributed by atoms with Gasteiger partial charge in [0.2, 0.25) is 5.12 Å². The molecule has 1 aromatic carbocycles. The van der Waals surface area contributed by atoms with E-state index in [2.05, 4.69) is 39.8 Å². The molecule has 1 saturated heterocycles. The van der Waals surface area contributed by atoms with Crippen molar-refractivity contribution in [2.24, 2.45) is 23.2 Å². The average molecular weight is 373 g/mol. The summed E-state index contributed by atoms with van der Waals surface area (Å²) in [7, 11) is 0. The second-order valence-corrected chi connectivity index (χ2v) is 9.50. The molecule has 1 aliphatic carbocycles. The maximum absolute atomic E-state index is 12.6. The molecule has 0 spiro atoms. The molecule has 1 heterocycles. The van der Waals surface area contributed by atoms with Crippen LogP contribution in [0.4, 0.5) is 0 Å². The minimum atomic E-state index is -0.149. The van der Waals surface area contributed by atoms with E-state index in [1.165, 1.54) is 17.3 Å². The molecule has 3 nitrogen and oxygen atoms in total. The van der Waals surface area contributed by atoms with E-state index in [1.807, 2.05) is 18.2 Å². The molecule has 0 amide bonds. The first-order valence-corrected chi connectivity index (χ1v) is 10.4. The van der Waals surface area contributed by atoms with Crippen molar-refractivity contribution in [3.05, 3.63) is 47.0 Å². The average Bonchev–Trinajstić information content (AvgIpc) is 2.87. The fourth-order valence-corrected chi connectivity index (χ4v) is 4.68. The number of benzene rings is 1. The lowest BCUT2D eigenvalue weighted by Gasteiger charge is -2.09. The summed E-state index contributed by atoms with van der Waals surface area (Å²) >= 11 is 1.37. The van der Waals surface area contributed by atoms with Crippen LogP contribution in [0.1, 0.15) is 45.2 Å². The highest BCUT2D eigenvalue weighted by atomic mass is 32.2.